The number of aromatic hydroxyl groups is 1. The van der Waals surface area contributed by atoms with Crippen LogP contribution in [0.1, 0.15) is 18.1 Å². The molecular weight excluding hydrogens is 346 g/mol. The predicted octanol–water partition coefficient (Wildman–Crippen LogP) is 4.01. The van der Waals surface area contributed by atoms with Gasteiger partial charge >= 0.3 is 0 Å². The number of carbonyl (C=O) groups excluding carboxylic acids is 2. The second-order valence-corrected chi connectivity index (χ2v) is 7.13. The fourth-order valence-corrected chi connectivity index (χ4v) is 3.97. The van der Waals surface area contributed by atoms with Crippen LogP contribution in [-0.2, 0) is 22.6 Å². The number of amides is 1. The van der Waals surface area contributed by atoms with Gasteiger partial charge in [0.1, 0.15) is 12.0 Å². The molecule has 0 bridgehead atoms. The number of phenolic OH excluding ortho intramolecular Hbond substituents is 1. The van der Waals surface area contributed by atoms with Crippen LogP contribution in [0.15, 0.2) is 53.9 Å². The minimum absolute atomic E-state index is 0.161. The summed E-state index contributed by atoms with van der Waals surface area (Å²) >= 11 is 1.67. The first-order chi connectivity index (χ1) is 12.6. The number of phenols is 1. The number of thiophene rings is 1. The van der Waals surface area contributed by atoms with Crippen LogP contribution in [0.3, 0.4) is 0 Å². The molecular formula is C21H21NO3S. The van der Waals surface area contributed by atoms with E-state index in [4.69, 9.17) is 0 Å². The van der Waals surface area contributed by atoms with Gasteiger partial charge in [-0.1, -0.05) is 30.3 Å². The summed E-state index contributed by atoms with van der Waals surface area (Å²) in [5.41, 5.74) is 1.96. The van der Waals surface area contributed by atoms with E-state index in [0.29, 0.717) is 19.5 Å². The molecule has 134 valence electrons. The number of benzene rings is 2. The van der Waals surface area contributed by atoms with Crippen LogP contribution in [-0.4, -0.2) is 28.7 Å². The average Bonchev–Trinajstić information content (AvgIpc) is 3.08. The Hall–Kier alpha value is -2.66. The summed E-state index contributed by atoms with van der Waals surface area (Å²) in [5.74, 6) is -0.711. The Labute approximate surface area is 156 Å². The molecule has 4 nitrogen and oxygen atoms in total. The Bertz CT molecular complexity index is 901. The third-order valence-electron chi connectivity index (χ3n) is 4.49. The van der Waals surface area contributed by atoms with Crippen molar-refractivity contribution in [1.29, 1.82) is 0 Å². The standard InChI is InChI=1S/C21H21NO3S/c1-2-22(12-17-14-26-20-6-4-3-5-19(17)20)21(25)16(13-23)11-15-7-9-18(24)10-8-15/h3-10,13-14,16,24H,2,11-12H2,1H3. The third-order valence-corrected chi connectivity index (χ3v) is 5.50. The van der Waals surface area contributed by atoms with E-state index in [-0.39, 0.29) is 11.7 Å². The van der Waals surface area contributed by atoms with Gasteiger partial charge in [0.25, 0.3) is 0 Å². The highest BCUT2D eigenvalue weighted by Gasteiger charge is 2.24. The second-order valence-electron chi connectivity index (χ2n) is 6.22. The molecule has 2 aromatic carbocycles. The Morgan fingerprint density at radius 3 is 2.62 bits per heavy atom. The van der Waals surface area contributed by atoms with Gasteiger partial charge in [0.15, 0.2) is 0 Å². The number of hydrogen-bond acceptors (Lipinski definition) is 4. The van der Waals surface area contributed by atoms with Crippen molar-refractivity contribution in [3.05, 3.63) is 65.0 Å². The van der Waals surface area contributed by atoms with Gasteiger partial charge in [0.2, 0.25) is 5.91 Å². The number of nitrogens with zero attached hydrogens (tertiary/aromatic N) is 1. The Balaban J connectivity index is 1.76. The lowest BCUT2D eigenvalue weighted by Crippen LogP contribution is -2.37. The normalized spacial score (nSPS) is 12.0. The van der Waals surface area contributed by atoms with Crippen LogP contribution in [0.5, 0.6) is 5.75 Å². The lowest BCUT2D eigenvalue weighted by atomic mass is 9.99. The summed E-state index contributed by atoms with van der Waals surface area (Å²) in [4.78, 5) is 26.2. The minimum atomic E-state index is -0.718. The summed E-state index contributed by atoms with van der Waals surface area (Å²) in [6.45, 7) is 2.97. The van der Waals surface area contributed by atoms with E-state index >= 15 is 0 Å². The number of fused-ring (bicyclic) bond motifs is 1. The van der Waals surface area contributed by atoms with E-state index in [9.17, 15) is 14.7 Å². The summed E-state index contributed by atoms with van der Waals surface area (Å²) < 4.78 is 1.20. The molecule has 0 saturated carbocycles. The van der Waals surface area contributed by atoms with Gasteiger partial charge in [-0.15, -0.1) is 11.3 Å². The number of carbonyl (C=O) groups is 2. The van der Waals surface area contributed by atoms with Gasteiger partial charge in [0.05, 0.1) is 5.92 Å². The molecule has 0 spiro atoms. The molecule has 1 amide bonds. The zero-order chi connectivity index (χ0) is 18.5. The van der Waals surface area contributed by atoms with Crippen LogP contribution in [0, 0.1) is 5.92 Å². The van der Waals surface area contributed by atoms with Crippen molar-refractivity contribution in [1.82, 2.24) is 4.90 Å². The lowest BCUT2D eigenvalue weighted by molar-refractivity contribution is -0.138. The summed E-state index contributed by atoms with van der Waals surface area (Å²) in [7, 11) is 0. The quantitative estimate of drug-likeness (QED) is 0.507. The van der Waals surface area contributed by atoms with Crippen molar-refractivity contribution in [2.45, 2.75) is 19.9 Å². The first-order valence-electron chi connectivity index (χ1n) is 8.59. The molecule has 0 aliphatic heterocycles. The van der Waals surface area contributed by atoms with Crippen LogP contribution in [0.25, 0.3) is 10.1 Å². The van der Waals surface area contributed by atoms with Gasteiger partial charge in [-0.2, -0.15) is 0 Å². The molecule has 0 aliphatic carbocycles. The average molecular weight is 367 g/mol. The van der Waals surface area contributed by atoms with Crippen LogP contribution < -0.4 is 0 Å². The number of hydrogen-bond donors (Lipinski definition) is 1. The maximum Gasteiger partial charge on any atom is 0.233 e. The SMILES string of the molecule is CCN(Cc1csc2ccccc12)C(=O)C(C=O)Cc1ccc(O)cc1. The van der Waals surface area contributed by atoms with Crippen molar-refractivity contribution >= 4 is 33.6 Å². The molecule has 1 atom stereocenters. The zero-order valence-corrected chi connectivity index (χ0v) is 15.4. The van der Waals surface area contributed by atoms with Gasteiger partial charge in [0, 0.05) is 17.8 Å². The van der Waals surface area contributed by atoms with Gasteiger partial charge in [-0.25, -0.2) is 0 Å². The molecule has 0 aliphatic rings. The van der Waals surface area contributed by atoms with E-state index in [1.54, 1.807) is 40.5 Å². The highest BCUT2D eigenvalue weighted by Crippen LogP contribution is 2.27. The molecule has 26 heavy (non-hydrogen) atoms. The smallest absolute Gasteiger partial charge is 0.233 e. The molecule has 1 unspecified atom stereocenters. The van der Waals surface area contributed by atoms with E-state index in [1.165, 1.54) is 4.70 Å². The number of aldehydes is 1. The molecule has 1 N–H and O–H groups in total. The largest absolute Gasteiger partial charge is 0.508 e. The van der Waals surface area contributed by atoms with Gasteiger partial charge < -0.3 is 14.8 Å². The zero-order valence-electron chi connectivity index (χ0n) is 14.6. The van der Waals surface area contributed by atoms with Gasteiger partial charge in [-0.05, 0) is 53.4 Å². The van der Waals surface area contributed by atoms with E-state index in [0.717, 1.165) is 22.8 Å². The highest BCUT2D eigenvalue weighted by atomic mass is 32.1. The molecule has 1 aromatic heterocycles. The summed E-state index contributed by atoms with van der Waals surface area (Å²) in [5, 5.41) is 12.6. The van der Waals surface area contributed by atoms with Gasteiger partial charge in [-0.3, -0.25) is 4.79 Å². The Morgan fingerprint density at radius 1 is 1.19 bits per heavy atom. The van der Waals surface area contributed by atoms with Crippen molar-refractivity contribution in [2.24, 2.45) is 5.92 Å². The minimum Gasteiger partial charge on any atom is -0.508 e. The first kappa shape index (κ1) is 18.1. The predicted molar refractivity (Wildman–Crippen MR) is 104 cm³/mol. The third kappa shape index (κ3) is 3.94. The van der Waals surface area contributed by atoms with E-state index in [2.05, 4.69) is 17.5 Å². The maximum atomic E-state index is 12.9. The van der Waals surface area contributed by atoms with E-state index in [1.807, 2.05) is 19.1 Å². The van der Waals surface area contributed by atoms with Crippen molar-refractivity contribution in [3.8, 4) is 5.75 Å². The highest BCUT2D eigenvalue weighted by molar-refractivity contribution is 7.17. The summed E-state index contributed by atoms with van der Waals surface area (Å²) in [6, 6.07) is 14.7. The molecule has 3 rings (SSSR count). The van der Waals surface area contributed by atoms with Crippen molar-refractivity contribution in [3.63, 3.8) is 0 Å². The van der Waals surface area contributed by atoms with Crippen LogP contribution >= 0.6 is 11.3 Å². The number of rotatable bonds is 7. The molecule has 0 saturated heterocycles. The molecule has 5 heteroatoms. The lowest BCUT2D eigenvalue weighted by Gasteiger charge is -2.24. The first-order valence-corrected chi connectivity index (χ1v) is 9.47. The van der Waals surface area contributed by atoms with Crippen LogP contribution in [0.2, 0.25) is 0 Å². The van der Waals surface area contributed by atoms with Crippen LogP contribution in [0.4, 0.5) is 0 Å². The van der Waals surface area contributed by atoms with Crippen molar-refractivity contribution < 1.29 is 14.7 Å². The van der Waals surface area contributed by atoms with E-state index < -0.39 is 5.92 Å². The fourth-order valence-electron chi connectivity index (χ4n) is 3.02. The molecule has 1 heterocycles. The summed E-state index contributed by atoms with van der Waals surface area (Å²) in [6.07, 6.45) is 1.06. The second kappa shape index (κ2) is 8.15. The fraction of sp³-hybridized carbons (Fsp3) is 0.238. The molecule has 3 aromatic rings. The maximum absolute atomic E-state index is 12.9. The Morgan fingerprint density at radius 2 is 1.92 bits per heavy atom. The molecule has 0 radical (unpaired) electrons. The topological polar surface area (TPSA) is 57.6 Å². The monoisotopic (exact) mass is 367 g/mol. The Kier molecular flexibility index (Phi) is 5.68. The van der Waals surface area contributed by atoms with Crippen molar-refractivity contribution in [2.75, 3.05) is 6.54 Å². The molecule has 0 fully saturated rings.